The van der Waals surface area contributed by atoms with Gasteiger partial charge in [0.15, 0.2) is 0 Å². The number of hydrogen-bond acceptors (Lipinski definition) is 8. The van der Waals surface area contributed by atoms with Gasteiger partial charge in [0.05, 0.1) is 23.6 Å². The van der Waals surface area contributed by atoms with Gasteiger partial charge >= 0.3 is 5.97 Å². The van der Waals surface area contributed by atoms with Crippen LogP contribution in [-0.4, -0.2) is 33.0 Å². The summed E-state index contributed by atoms with van der Waals surface area (Å²) in [5.41, 5.74) is 1.37. The Labute approximate surface area is 179 Å². The summed E-state index contributed by atoms with van der Waals surface area (Å²) in [6.07, 6.45) is 1.46. The molecule has 0 fully saturated rings. The summed E-state index contributed by atoms with van der Waals surface area (Å²) in [6.45, 7) is -0.0902. The summed E-state index contributed by atoms with van der Waals surface area (Å²) in [5.74, 6) is 0.462. The summed E-state index contributed by atoms with van der Waals surface area (Å²) >= 11 is 0. The fourth-order valence-corrected chi connectivity index (χ4v) is 3.59. The molecule has 0 saturated heterocycles. The van der Waals surface area contributed by atoms with Crippen molar-refractivity contribution in [1.29, 1.82) is 5.26 Å². The third-order valence-corrected chi connectivity index (χ3v) is 5.65. The first kappa shape index (κ1) is 22.0. The van der Waals surface area contributed by atoms with Gasteiger partial charge in [-0.05, 0) is 48.5 Å². The first-order valence-electron chi connectivity index (χ1n) is 9.15. The molecule has 2 aromatic carbocycles. The standard InChI is InChI=1S/C21H19N3O6S/c1-28-18-7-3-15(4-8-18)20-24-17(13-29-20)14-30-21(25)16-5-9-19(10-6-16)31(26,27)23-12-2-11-22/h3-10,13,23H,2,12,14H2,1H3. The molecule has 1 heterocycles. The molecular weight excluding hydrogens is 422 g/mol. The summed E-state index contributed by atoms with van der Waals surface area (Å²) in [7, 11) is -2.17. The molecule has 160 valence electrons. The van der Waals surface area contributed by atoms with Crippen LogP contribution in [0.4, 0.5) is 0 Å². The number of benzene rings is 2. The number of rotatable bonds is 9. The average molecular weight is 441 g/mol. The second-order valence-electron chi connectivity index (χ2n) is 6.28. The number of aromatic nitrogens is 1. The van der Waals surface area contributed by atoms with Crippen molar-refractivity contribution in [3.8, 4) is 23.3 Å². The van der Waals surface area contributed by atoms with Crippen LogP contribution in [0.25, 0.3) is 11.5 Å². The highest BCUT2D eigenvalue weighted by atomic mass is 32.2. The van der Waals surface area contributed by atoms with Crippen molar-refractivity contribution in [2.75, 3.05) is 13.7 Å². The van der Waals surface area contributed by atoms with E-state index < -0.39 is 16.0 Å². The molecule has 3 rings (SSSR count). The molecule has 0 aliphatic rings. The predicted octanol–water partition coefficient (Wildman–Crippen LogP) is 2.90. The number of ether oxygens (including phenoxy) is 2. The molecule has 0 aliphatic heterocycles. The number of carbonyl (C=O) groups excluding carboxylic acids is 1. The molecule has 0 radical (unpaired) electrons. The van der Waals surface area contributed by atoms with Crippen LogP contribution in [0.1, 0.15) is 22.5 Å². The Balaban J connectivity index is 1.58. The second-order valence-corrected chi connectivity index (χ2v) is 8.05. The molecular formula is C21H19N3O6S. The Kier molecular flexibility index (Phi) is 7.02. The highest BCUT2D eigenvalue weighted by Gasteiger charge is 2.16. The van der Waals surface area contributed by atoms with Crippen molar-refractivity contribution in [3.05, 3.63) is 66.1 Å². The molecule has 0 amide bonds. The van der Waals surface area contributed by atoms with Gasteiger partial charge < -0.3 is 13.9 Å². The number of nitrogens with one attached hydrogen (secondary N) is 1. The van der Waals surface area contributed by atoms with Gasteiger partial charge in [0.2, 0.25) is 15.9 Å². The Bertz CT molecular complexity index is 1180. The Morgan fingerprint density at radius 2 is 1.87 bits per heavy atom. The minimum Gasteiger partial charge on any atom is -0.497 e. The van der Waals surface area contributed by atoms with Crippen molar-refractivity contribution in [2.45, 2.75) is 17.9 Å². The molecule has 0 bridgehead atoms. The van der Waals surface area contributed by atoms with Crippen molar-refractivity contribution >= 4 is 16.0 Å². The van der Waals surface area contributed by atoms with E-state index in [9.17, 15) is 13.2 Å². The Morgan fingerprint density at radius 1 is 1.16 bits per heavy atom. The summed E-state index contributed by atoms with van der Waals surface area (Å²) in [4.78, 5) is 16.5. The first-order chi connectivity index (χ1) is 14.9. The van der Waals surface area contributed by atoms with Crippen LogP contribution < -0.4 is 9.46 Å². The molecule has 31 heavy (non-hydrogen) atoms. The number of oxazole rings is 1. The number of methoxy groups -OCH3 is 1. The zero-order valence-electron chi connectivity index (χ0n) is 16.6. The molecule has 0 atom stereocenters. The summed E-state index contributed by atoms with van der Waals surface area (Å²) in [5, 5.41) is 8.49. The van der Waals surface area contributed by atoms with Gasteiger partial charge in [0.1, 0.15) is 24.3 Å². The smallest absolute Gasteiger partial charge is 0.338 e. The van der Waals surface area contributed by atoms with Crippen LogP contribution in [0.2, 0.25) is 0 Å². The van der Waals surface area contributed by atoms with Crippen LogP contribution in [0.15, 0.2) is 64.1 Å². The maximum Gasteiger partial charge on any atom is 0.338 e. The number of hydrogen-bond donors (Lipinski definition) is 1. The molecule has 0 spiro atoms. The fraction of sp³-hybridized carbons (Fsp3) is 0.190. The van der Waals surface area contributed by atoms with E-state index in [0.717, 1.165) is 5.56 Å². The molecule has 10 heteroatoms. The lowest BCUT2D eigenvalue weighted by atomic mass is 10.2. The lowest BCUT2D eigenvalue weighted by molar-refractivity contribution is 0.0467. The van der Waals surface area contributed by atoms with E-state index in [1.807, 2.05) is 6.07 Å². The third kappa shape index (κ3) is 5.69. The number of esters is 1. The molecule has 9 nitrogen and oxygen atoms in total. The number of sulfonamides is 1. The quantitative estimate of drug-likeness (QED) is 0.396. The van der Waals surface area contributed by atoms with E-state index >= 15 is 0 Å². The van der Waals surface area contributed by atoms with Gasteiger partial charge in [0, 0.05) is 18.5 Å². The predicted molar refractivity (Wildman–Crippen MR) is 109 cm³/mol. The normalized spacial score (nSPS) is 11.0. The summed E-state index contributed by atoms with van der Waals surface area (Å²) < 4.78 is 42.2. The van der Waals surface area contributed by atoms with Gasteiger partial charge in [-0.3, -0.25) is 0 Å². The molecule has 0 aliphatic carbocycles. The van der Waals surface area contributed by atoms with E-state index in [2.05, 4.69) is 9.71 Å². The van der Waals surface area contributed by atoms with Gasteiger partial charge in [-0.1, -0.05) is 0 Å². The van der Waals surface area contributed by atoms with Crippen molar-refractivity contribution < 1.29 is 27.1 Å². The topological polar surface area (TPSA) is 132 Å². The van der Waals surface area contributed by atoms with Gasteiger partial charge in [-0.15, -0.1) is 0 Å². The van der Waals surface area contributed by atoms with E-state index in [-0.39, 0.29) is 30.0 Å². The number of carbonyl (C=O) groups is 1. The maximum atomic E-state index is 12.2. The van der Waals surface area contributed by atoms with Crippen molar-refractivity contribution in [1.82, 2.24) is 9.71 Å². The average Bonchev–Trinajstić information content (AvgIpc) is 3.27. The van der Waals surface area contributed by atoms with Crippen LogP contribution in [0, 0.1) is 11.3 Å². The lowest BCUT2D eigenvalue weighted by Gasteiger charge is -2.06. The molecule has 1 N–H and O–H groups in total. The summed E-state index contributed by atoms with van der Waals surface area (Å²) in [6, 6.07) is 14.3. The van der Waals surface area contributed by atoms with E-state index in [1.165, 1.54) is 30.5 Å². The Morgan fingerprint density at radius 3 is 2.52 bits per heavy atom. The van der Waals surface area contributed by atoms with Gasteiger partial charge in [-0.2, -0.15) is 5.26 Å². The number of nitrogens with zero attached hydrogens (tertiary/aromatic N) is 2. The van der Waals surface area contributed by atoms with Crippen LogP contribution in [0.3, 0.4) is 0 Å². The van der Waals surface area contributed by atoms with E-state index in [1.54, 1.807) is 31.4 Å². The van der Waals surface area contributed by atoms with Crippen LogP contribution in [0.5, 0.6) is 5.75 Å². The number of nitriles is 1. The van der Waals surface area contributed by atoms with Gasteiger partial charge in [-0.25, -0.2) is 22.9 Å². The SMILES string of the molecule is COc1ccc(-c2nc(COC(=O)c3ccc(S(=O)(=O)NCCC#N)cc3)co2)cc1. The molecule has 3 aromatic rings. The lowest BCUT2D eigenvalue weighted by Crippen LogP contribution is -2.24. The third-order valence-electron chi connectivity index (χ3n) is 4.17. The molecule has 0 saturated carbocycles. The molecule has 1 aromatic heterocycles. The highest BCUT2D eigenvalue weighted by molar-refractivity contribution is 7.89. The first-order valence-corrected chi connectivity index (χ1v) is 10.6. The largest absolute Gasteiger partial charge is 0.497 e. The zero-order valence-corrected chi connectivity index (χ0v) is 17.4. The minimum atomic E-state index is -3.74. The van der Waals surface area contributed by atoms with Gasteiger partial charge in [0.25, 0.3) is 0 Å². The van der Waals surface area contributed by atoms with E-state index in [4.69, 9.17) is 19.2 Å². The monoisotopic (exact) mass is 441 g/mol. The minimum absolute atomic E-state index is 0.0115. The maximum absolute atomic E-state index is 12.2. The second kappa shape index (κ2) is 9.88. The van der Waals surface area contributed by atoms with Crippen LogP contribution in [-0.2, 0) is 21.4 Å². The molecule has 0 unspecified atom stereocenters. The highest BCUT2D eigenvalue weighted by Crippen LogP contribution is 2.22. The van der Waals surface area contributed by atoms with E-state index in [0.29, 0.717) is 17.3 Å². The van der Waals surface area contributed by atoms with Crippen LogP contribution >= 0.6 is 0 Å². The zero-order chi connectivity index (χ0) is 22.3. The van der Waals surface area contributed by atoms with Crippen molar-refractivity contribution in [2.24, 2.45) is 0 Å². The van der Waals surface area contributed by atoms with Crippen molar-refractivity contribution in [3.63, 3.8) is 0 Å². The Hall–Kier alpha value is -3.68. The fourth-order valence-electron chi connectivity index (χ4n) is 2.56.